The highest BCUT2D eigenvalue weighted by atomic mass is 16.5. The highest BCUT2D eigenvalue weighted by Crippen LogP contribution is 2.18. The first-order valence-electron chi connectivity index (χ1n) is 7.01. The number of hydrogen-bond acceptors (Lipinski definition) is 4. The molecule has 0 amide bonds. The van der Waals surface area contributed by atoms with Crippen LogP contribution in [0, 0.1) is 13.8 Å². The number of aromatic nitrogens is 3. The molecule has 5 heteroatoms. The van der Waals surface area contributed by atoms with Gasteiger partial charge >= 0.3 is 0 Å². The lowest BCUT2D eigenvalue weighted by atomic mass is 10.2. The van der Waals surface area contributed by atoms with Crippen LogP contribution in [0.25, 0.3) is 5.69 Å². The van der Waals surface area contributed by atoms with Gasteiger partial charge < -0.3 is 10.1 Å². The van der Waals surface area contributed by atoms with E-state index in [1.165, 1.54) is 5.56 Å². The third-order valence-corrected chi connectivity index (χ3v) is 3.05. The van der Waals surface area contributed by atoms with E-state index < -0.39 is 0 Å². The molecule has 0 saturated heterocycles. The Labute approximate surface area is 120 Å². The van der Waals surface area contributed by atoms with Gasteiger partial charge in [0.25, 0.3) is 0 Å². The van der Waals surface area contributed by atoms with E-state index in [0.717, 1.165) is 43.5 Å². The van der Waals surface area contributed by atoms with Crippen LogP contribution in [0.1, 0.15) is 24.6 Å². The monoisotopic (exact) mass is 274 g/mol. The van der Waals surface area contributed by atoms with Gasteiger partial charge in [0.15, 0.2) is 0 Å². The Morgan fingerprint density at radius 2 is 2.20 bits per heavy atom. The minimum Gasteiger partial charge on any atom is -0.382 e. The van der Waals surface area contributed by atoms with Gasteiger partial charge in [-0.05, 0) is 38.8 Å². The molecule has 1 N–H and O–H groups in total. The van der Waals surface area contributed by atoms with Gasteiger partial charge in [0.05, 0.1) is 17.6 Å². The predicted octanol–water partition coefficient (Wildman–Crippen LogP) is 2.72. The fourth-order valence-corrected chi connectivity index (χ4v) is 2.03. The second kappa shape index (κ2) is 7.05. The third kappa shape index (κ3) is 3.57. The van der Waals surface area contributed by atoms with Gasteiger partial charge in [-0.3, -0.25) is 9.55 Å². The summed E-state index contributed by atoms with van der Waals surface area (Å²) in [5, 5.41) is 3.36. The molecule has 0 aliphatic heterocycles. The van der Waals surface area contributed by atoms with E-state index in [0.29, 0.717) is 0 Å². The Hall–Kier alpha value is -1.88. The summed E-state index contributed by atoms with van der Waals surface area (Å²) >= 11 is 0. The SMILES string of the molecule is CCOCCCNc1nc(C)cn1-c1cnccc1C. The van der Waals surface area contributed by atoms with Crippen LogP contribution in [-0.4, -0.2) is 34.3 Å². The third-order valence-electron chi connectivity index (χ3n) is 3.05. The maximum absolute atomic E-state index is 5.33. The van der Waals surface area contributed by atoms with Crippen LogP contribution >= 0.6 is 0 Å². The maximum atomic E-state index is 5.33. The lowest BCUT2D eigenvalue weighted by Gasteiger charge is -2.11. The van der Waals surface area contributed by atoms with Crippen LogP contribution in [0.15, 0.2) is 24.7 Å². The van der Waals surface area contributed by atoms with E-state index in [4.69, 9.17) is 4.74 Å². The van der Waals surface area contributed by atoms with E-state index >= 15 is 0 Å². The van der Waals surface area contributed by atoms with Crippen molar-refractivity contribution in [3.05, 3.63) is 35.9 Å². The van der Waals surface area contributed by atoms with Gasteiger partial charge in [-0.25, -0.2) is 4.98 Å². The standard InChI is InChI=1S/C15H22N4O/c1-4-20-9-5-7-17-15-18-13(3)11-19(15)14-10-16-8-6-12(14)2/h6,8,10-11H,4-5,7,9H2,1-3H3,(H,17,18). The topological polar surface area (TPSA) is 52.0 Å². The lowest BCUT2D eigenvalue weighted by molar-refractivity contribution is 0.147. The Kier molecular flexibility index (Phi) is 5.12. The van der Waals surface area contributed by atoms with Crippen molar-refractivity contribution in [2.24, 2.45) is 0 Å². The van der Waals surface area contributed by atoms with Crippen LogP contribution in [0.4, 0.5) is 5.95 Å². The molecule has 0 unspecified atom stereocenters. The number of anilines is 1. The summed E-state index contributed by atoms with van der Waals surface area (Å²) in [7, 11) is 0. The first-order chi connectivity index (χ1) is 9.72. The summed E-state index contributed by atoms with van der Waals surface area (Å²) in [5.74, 6) is 0.857. The van der Waals surface area contributed by atoms with Crippen molar-refractivity contribution >= 4 is 5.95 Å². The molecule has 2 rings (SSSR count). The molecule has 0 atom stereocenters. The molecule has 20 heavy (non-hydrogen) atoms. The summed E-state index contributed by atoms with van der Waals surface area (Å²) in [4.78, 5) is 8.73. The van der Waals surface area contributed by atoms with Crippen molar-refractivity contribution in [1.82, 2.24) is 14.5 Å². The molecule has 0 fully saturated rings. The number of nitrogens with zero attached hydrogens (tertiary/aromatic N) is 3. The van der Waals surface area contributed by atoms with E-state index in [1.807, 2.05) is 32.3 Å². The molecular formula is C15H22N4O. The lowest BCUT2D eigenvalue weighted by Crippen LogP contribution is -2.10. The van der Waals surface area contributed by atoms with Crippen molar-refractivity contribution in [2.45, 2.75) is 27.2 Å². The Morgan fingerprint density at radius 1 is 1.35 bits per heavy atom. The van der Waals surface area contributed by atoms with Gasteiger partial charge in [-0.15, -0.1) is 0 Å². The molecule has 2 aromatic heterocycles. The van der Waals surface area contributed by atoms with Gasteiger partial charge in [-0.2, -0.15) is 0 Å². The van der Waals surface area contributed by atoms with Crippen LogP contribution < -0.4 is 5.32 Å². The minimum absolute atomic E-state index is 0.766. The van der Waals surface area contributed by atoms with Crippen molar-refractivity contribution in [3.8, 4) is 5.69 Å². The van der Waals surface area contributed by atoms with E-state index in [1.54, 1.807) is 6.20 Å². The molecule has 2 heterocycles. The Bertz CT molecular complexity index is 551. The van der Waals surface area contributed by atoms with Crippen molar-refractivity contribution in [1.29, 1.82) is 0 Å². The molecule has 0 aliphatic rings. The summed E-state index contributed by atoms with van der Waals surface area (Å²) in [5.41, 5.74) is 3.22. The fraction of sp³-hybridized carbons (Fsp3) is 0.467. The summed E-state index contributed by atoms with van der Waals surface area (Å²) in [6.45, 7) is 8.46. The number of rotatable bonds is 7. The number of pyridine rings is 1. The van der Waals surface area contributed by atoms with Crippen molar-refractivity contribution < 1.29 is 4.74 Å². The molecule has 0 aromatic carbocycles. The van der Waals surface area contributed by atoms with Gasteiger partial charge in [0.1, 0.15) is 0 Å². The Balaban J connectivity index is 2.09. The van der Waals surface area contributed by atoms with Gasteiger partial charge in [0, 0.05) is 32.2 Å². The van der Waals surface area contributed by atoms with Crippen LogP contribution in [-0.2, 0) is 4.74 Å². The molecule has 0 spiro atoms. The summed E-state index contributed by atoms with van der Waals surface area (Å²) in [6.07, 6.45) is 6.65. The molecule has 108 valence electrons. The Morgan fingerprint density at radius 3 is 2.95 bits per heavy atom. The van der Waals surface area contributed by atoms with E-state index in [9.17, 15) is 0 Å². The van der Waals surface area contributed by atoms with Gasteiger partial charge in [-0.1, -0.05) is 0 Å². The molecular weight excluding hydrogens is 252 g/mol. The molecule has 2 aromatic rings. The summed E-state index contributed by atoms with van der Waals surface area (Å²) in [6, 6.07) is 2.00. The van der Waals surface area contributed by atoms with Crippen molar-refractivity contribution in [2.75, 3.05) is 25.1 Å². The van der Waals surface area contributed by atoms with Crippen molar-refractivity contribution in [3.63, 3.8) is 0 Å². The molecule has 0 aliphatic carbocycles. The minimum atomic E-state index is 0.766. The zero-order chi connectivity index (χ0) is 14.4. The number of aryl methyl sites for hydroxylation is 2. The zero-order valence-electron chi connectivity index (χ0n) is 12.4. The first kappa shape index (κ1) is 14.5. The number of ether oxygens (including phenoxy) is 1. The van der Waals surface area contributed by atoms with Crippen LogP contribution in [0.2, 0.25) is 0 Å². The first-order valence-corrected chi connectivity index (χ1v) is 7.01. The van der Waals surface area contributed by atoms with E-state index in [-0.39, 0.29) is 0 Å². The second-order valence-electron chi connectivity index (χ2n) is 4.72. The number of imidazole rings is 1. The normalized spacial score (nSPS) is 10.8. The number of hydrogen-bond donors (Lipinski definition) is 1. The largest absolute Gasteiger partial charge is 0.382 e. The van der Waals surface area contributed by atoms with Crippen LogP contribution in [0.3, 0.4) is 0 Å². The molecule has 0 bridgehead atoms. The average Bonchev–Trinajstić information content (AvgIpc) is 2.80. The highest BCUT2D eigenvalue weighted by molar-refractivity contribution is 5.46. The number of nitrogens with one attached hydrogen (secondary N) is 1. The second-order valence-corrected chi connectivity index (χ2v) is 4.72. The zero-order valence-corrected chi connectivity index (χ0v) is 12.4. The molecule has 5 nitrogen and oxygen atoms in total. The summed E-state index contributed by atoms with van der Waals surface area (Å²) < 4.78 is 7.39. The fourth-order valence-electron chi connectivity index (χ4n) is 2.03. The highest BCUT2D eigenvalue weighted by Gasteiger charge is 2.09. The smallest absolute Gasteiger partial charge is 0.207 e. The van der Waals surface area contributed by atoms with Gasteiger partial charge in [0.2, 0.25) is 5.95 Å². The predicted molar refractivity (Wildman–Crippen MR) is 80.4 cm³/mol. The van der Waals surface area contributed by atoms with Crippen LogP contribution in [0.5, 0.6) is 0 Å². The van der Waals surface area contributed by atoms with E-state index in [2.05, 4.69) is 26.8 Å². The molecule has 0 saturated carbocycles. The quantitative estimate of drug-likeness (QED) is 0.789. The molecule has 0 radical (unpaired) electrons. The maximum Gasteiger partial charge on any atom is 0.207 e. The average molecular weight is 274 g/mol.